The number of ether oxygens (including phenoxy) is 1. The molecule has 0 N–H and O–H groups in total. The van der Waals surface area contributed by atoms with E-state index >= 15 is 0 Å². The number of halogens is 1. The Kier molecular flexibility index (Phi) is 4.34. The fourth-order valence-electron chi connectivity index (χ4n) is 2.89. The summed E-state index contributed by atoms with van der Waals surface area (Å²) in [4.78, 5) is 6.90. The Morgan fingerprint density at radius 3 is 3.00 bits per heavy atom. The molecule has 3 nitrogen and oxygen atoms in total. The molecule has 2 atom stereocenters. The van der Waals surface area contributed by atoms with Crippen molar-refractivity contribution in [2.45, 2.75) is 25.7 Å². The van der Waals surface area contributed by atoms with E-state index < -0.39 is 0 Å². The van der Waals surface area contributed by atoms with Crippen LogP contribution in [0.3, 0.4) is 0 Å². The maximum atomic E-state index is 5.89. The molecule has 1 aromatic heterocycles. The minimum atomic E-state index is 0.284. The lowest BCUT2D eigenvalue weighted by molar-refractivity contribution is -0.0677. The molecular weight excluding hydrogens is 316 g/mol. The zero-order valence-electron chi connectivity index (χ0n) is 11.6. The van der Waals surface area contributed by atoms with Crippen LogP contribution >= 0.6 is 15.9 Å². The molecular formula is C16H19BrN2O. The predicted octanol–water partition coefficient (Wildman–Crippen LogP) is 3.22. The van der Waals surface area contributed by atoms with Crippen molar-refractivity contribution < 1.29 is 4.74 Å². The summed E-state index contributed by atoms with van der Waals surface area (Å²) in [7, 11) is 0. The van der Waals surface area contributed by atoms with Gasteiger partial charge >= 0.3 is 0 Å². The van der Waals surface area contributed by atoms with Gasteiger partial charge in [-0.2, -0.15) is 0 Å². The van der Waals surface area contributed by atoms with Gasteiger partial charge in [0.1, 0.15) is 0 Å². The zero-order valence-corrected chi connectivity index (χ0v) is 13.2. The molecule has 1 fully saturated rings. The molecule has 2 unspecified atom stereocenters. The van der Waals surface area contributed by atoms with Gasteiger partial charge < -0.3 is 4.74 Å². The van der Waals surface area contributed by atoms with Gasteiger partial charge in [-0.3, -0.25) is 9.88 Å². The molecule has 0 spiro atoms. The van der Waals surface area contributed by atoms with Crippen molar-refractivity contribution in [1.82, 2.24) is 9.88 Å². The molecule has 1 saturated heterocycles. The number of aromatic nitrogens is 1. The summed E-state index contributed by atoms with van der Waals surface area (Å²) >= 11 is 3.53. The standard InChI is InChI=1S/C16H19BrN2O/c1-12-9-19(11-14(8-17)20-12)10-13-6-7-18-16-5-3-2-4-15(13)16/h2-7,12,14H,8-11H2,1H3. The molecule has 1 aromatic carbocycles. The van der Waals surface area contributed by atoms with E-state index in [4.69, 9.17) is 4.74 Å². The van der Waals surface area contributed by atoms with Crippen LogP contribution in [0.2, 0.25) is 0 Å². The van der Waals surface area contributed by atoms with Crippen molar-refractivity contribution in [3.05, 3.63) is 42.1 Å². The largest absolute Gasteiger partial charge is 0.372 e. The van der Waals surface area contributed by atoms with Gasteiger partial charge in [-0.15, -0.1) is 0 Å². The van der Waals surface area contributed by atoms with Gasteiger partial charge in [-0.1, -0.05) is 34.1 Å². The highest BCUT2D eigenvalue weighted by Crippen LogP contribution is 2.20. The number of nitrogens with zero attached hydrogens (tertiary/aromatic N) is 2. The maximum Gasteiger partial charge on any atom is 0.0802 e. The number of fused-ring (bicyclic) bond motifs is 1. The van der Waals surface area contributed by atoms with Crippen molar-refractivity contribution in [3.63, 3.8) is 0 Å². The quantitative estimate of drug-likeness (QED) is 0.806. The fourth-order valence-corrected chi connectivity index (χ4v) is 3.25. The van der Waals surface area contributed by atoms with Crippen LogP contribution in [-0.2, 0) is 11.3 Å². The van der Waals surface area contributed by atoms with E-state index in [0.29, 0.717) is 6.10 Å². The fraction of sp³-hybridized carbons (Fsp3) is 0.438. The lowest BCUT2D eigenvalue weighted by Crippen LogP contribution is -2.46. The first-order valence-corrected chi connectivity index (χ1v) is 8.15. The molecule has 0 amide bonds. The third-order valence-corrected chi connectivity index (χ3v) is 4.43. The number of alkyl halides is 1. The van der Waals surface area contributed by atoms with E-state index in [1.165, 1.54) is 10.9 Å². The van der Waals surface area contributed by atoms with Gasteiger partial charge in [-0.25, -0.2) is 0 Å². The number of para-hydroxylation sites is 1. The Balaban J connectivity index is 1.82. The van der Waals surface area contributed by atoms with Crippen molar-refractivity contribution in [2.75, 3.05) is 18.4 Å². The Morgan fingerprint density at radius 2 is 2.15 bits per heavy atom. The van der Waals surface area contributed by atoms with Crippen molar-refractivity contribution in [2.24, 2.45) is 0 Å². The normalized spacial score (nSPS) is 24.1. The second-order valence-corrected chi connectivity index (χ2v) is 6.05. The summed E-state index contributed by atoms with van der Waals surface area (Å²) < 4.78 is 5.89. The first kappa shape index (κ1) is 14.0. The average Bonchev–Trinajstić information content (AvgIpc) is 2.47. The van der Waals surface area contributed by atoms with Crippen LogP contribution in [0.4, 0.5) is 0 Å². The topological polar surface area (TPSA) is 25.4 Å². The number of hydrogen-bond acceptors (Lipinski definition) is 3. The summed E-state index contributed by atoms with van der Waals surface area (Å²) in [6, 6.07) is 10.5. The summed E-state index contributed by atoms with van der Waals surface area (Å²) in [6.07, 6.45) is 2.48. The van der Waals surface area contributed by atoms with Crippen LogP contribution in [0.1, 0.15) is 12.5 Å². The van der Waals surface area contributed by atoms with Gasteiger partial charge in [0.05, 0.1) is 17.7 Å². The lowest BCUT2D eigenvalue weighted by atomic mass is 10.1. The molecule has 0 aliphatic carbocycles. The van der Waals surface area contributed by atoms with Crippen LogP contribution < -0.4 is 0 Å². The Hall–Kier alpha value is -0.970. The molecule has 1 aliphatic heterocycles. The molecule has 3 rings (SSSR count). The molecule has 2 aromatic rings. The molecule has 0 radical (unpaired) electrons. The predicted molar refractivity (Wildman–Crippen MR) is 85.1 cm³/mol. The third kappa shape index (κ3) is 3.03. The number of pyridine rings is 1. The highest BCUT2D eigenvalue weighted by molar-refractivity contribution is 9.09. The number of morpholine rings is 1. The van der Waals surface area contributed by atoms with Crippen molar-refractivity contribution in [1.29, 1.82) is 0 Å². The van der Waals surface area contributed by atoms with Gasteiger partial charge in [-0.05, 0) is 24.6 Å². The van der Waals surface area contributed by atoms with Crippen LogP contribution in [0.5, 0.6) is 0 Å². The average molecular weight is 335 g/mol. The molecule has 0 saturated carbocycles. The highest BCUT2D eigenvalue weighted by Gasteiger charge is 2.24. The Morgan fingerprint density at radius 1 is 1.30 bits per heavy atom. The second kappa shape index (κ2) is 6.20. The molecule has 2 heterocycles. The van der Waals surface area contributed by atoms with Crippen LogP contribution in [-0.4, -0.2) is 40.5 Å². The number of benzene rings is 1. The SMILES string of the molecule is CC1CN(Cc2ccnc3ccccc23)CC(CBr)O1. The molecule has 106 valence electrons. The molecule has 20 heavy (non-hydrogen) atoms. The maximum absolute atomic E-state index is 5.89. The molecule has 1 aliphatic rings. The van der Waals surface area contributed by atoms with Crippen molar-refractivity contribution >= 4 is 26.8 Å². The number of hydrogen-bond donors (Lipinski definition) is 0. The molecule has 4 heteroatoms. The van der Waals surface area contributed by atoms with E-state index in [9.17, 15) is 0 Å². The second-order valence-electron chi connectivity index (χ2n) is 5.40. The summed E-state index contributed by atoms with van der Waals surface area (Å²) in [5.74, 6) is 0. The van der Waals surface area contributed by atoms with E-state index in [2.05, 4.69) is 57.0 Å². The Bertz CT molecular complexity index is 584. The monoisotopic (exact) mass is 334 g/mol. The smallest absolute Gasteiger partial charge is 0.0802 e. The van der Waals surface area contributed by atoms with Gasteiger partial charge in [0, 0.05) is 36.5 Å². The highest BCUT2D eigenvalue weighted by atomic mass is 79.9. The summed E-state index contributed by atoms with van der Waals surface area (Å²) in [6.45, 7) is 5.07. The van der Waals surface area contributed by atoms with E-state index in [1.807, 2.05) is 12.3 Å². The van der Waals surface area contributed by atoms with Gasteiger partial charge in [0.15, 0.2) is 0 Å². The van der Waals surface area contributed by atoms with Crippen molar-refractivity contribution in [3.8, 4) is 0 Å². The molecule has 0 bridgehead atoms. The van der Waals surface area contributed by atoms with Crippen LogP contribution in [0.15, 0.2) is 36.5 Å². The minimum absolute atomic E-state index is 0.284. The number of rotatable bonds is 3. The van der Waals surface area contributed by atoms with E-state index in [-0.39, 0.29) is 6.10 Å². The first-order chi connectivity index (χ1) is 9.76. The first-order valence-electron chi connectivity index (χ1n) is 7.02. The Labute approximate surface area is 128 Å². The minimum Gasteiger partial charge on any atom is -0.372 e. The summed E-state index contributed by atoms with van der Waals surface area (Å²) in [5, 5.41) is 2.15. The summed E-state index contributed by atoms with van der Waals surface area (Å²) in [5.41, 5.74) is 2.42. The van der Waals surface area contributed by atoms with Crippen LogP contribution in [0.25, 0.3) is 10.9 Å². The van der Waals surface area contributed by atoms with Gasteiger partial charge in [0.25, 0.3) is 0 Å². The zero-order chi connectivity index (χ0) is 13.9. The van der Waals surface area contributed by atoms with E-state index in [1.54, 1.807) is 0 Å². The van der Waals surface area contributed by atoms with Gasteiger partial charge in [0.2, 0.25) is 0 Å². The lowest BCUT2D eigenvalue weighted by Gasteiger charge is -2.36. The third-order valence-electron chi connectivity index (χ3n) is 3.71. The van der Waals surface area contributed by atoms with Crippen LogP contribution in [0, 0.1) is 0 Å². The van der Waals surface area contributed by atoms with E-state index in [0.717, 1.165) is 30.5 Å².